The molecule has 6 nitrogen and oxygen atoms in total. The Balaban J connectivity index is 2.46. The van der Waals surface area contributed by atoms with Crippen molar-refractivity contribution in [3.63, 3.8) is 0 Å². The largest absolute Gasteiger partial charge is 0.493 e. The summed E-state index contributed by atoms with van der Waals surface area (Å²) in [6.07, 6.45) is 0.371. The molecule has 1 amide bonds. The maximum absolute atomic E-state index is 11.4. The topological polar surface area (TPSA) is 73.9 Å². The van der Waals surface area contributed by atoms with E-state index < -0.39 is 5.97 Å². The summed E-state index contributed by atoms with van der Waals surface area (Å²) in [4.78, 5) is 22.3. The van der Waals surface area contributed by atoms with E-state index in [1.54, 1.807) is 14.2 Å². The molecule has 20 heavy (non-hydrogen) atoms. The van der Waals surface area contributed by atoms with Gasteiger partial charge in [-0.2, -0.15) is 0 Å². The first-order chi connectivity index (χ1) is 9.60. The number of benzene rings is 1. The number of methoxy groups -OCH3 is 3. The summed E-state index contributed by atoms with van der Waals surface area (Å²) in [6.45, 7) is 0.436. The van der Waals surface area contributed by atoms with Crippen molar-refractivity contribution in [1.29, 1.82) is 0 Å². The Morgan fingerprint density at radius 2 is 1.80 bits per heavy atom. The van der Waals surface area contributed by atoms with Crippen LogP contribution in [0, 0.1) is 0 Å². The highest BCUT2D eigenvalue weighted by Crippen LogP contribution is 2.27. The van der Waals surface area contributed by atoms with E-state index in [-0.39, 0.29) is 12.3 Å². The van der Waals surface area contributed by atoms with Crippen molar-refractivity contribution in [2.24, 2.45) is 0 Å². The van der Waals surface area contributed by atoms with Crippen LogP contribution in [-0.4, -0.2) is 39.8 Å². The Morgan fingerprint density at radius 1 is 1.10 bits per heavy atom. The van der Waals surface area contributed by atoms with Crippen LogP contribution in [0.25, 0.3) is 0 Å². The van der Waals surface area contributed by atoms with Crippen LogP contribution in [0.3, 0.4) is 0 Å². The summed E-state index contributed by atoms with van der Waals surface area (Å²) in [5, 5.41) is 2.65. The summed E-state index contributed by atoms with van der Waals surface area (Å²) >= 11 is 0. The highest BCUT2D eigenvalue weighted by Gasteiger charge is 2.09. The fourth-order valence-corrected chi connectivity index (χ4v) is 1.65. The molecule has 0 fully saturated rings. The Morgan fingerprint density at radius 3 is 2.40 bits per heavy atom. The van der Waals surface area contributed by atoms with Gasteiger partial charge in [-0.05, 0) is 24.1 Å². The molecule has 0 spiro atoms. The highest BCUT2D eigenvalue weighted by molar-refractivity contribution is 5.94. The summed E-state index contributed by atoms with van der Waals surface area (Å²) < 4.78 is 14.8. The molecule has 0 bridgehead atoms. The monoisotopic (exact) mass is 281 g/mol. The molecule has 0 saturated carbocycles. The van der Waals surface area contributed by atoms with E-state index in [0.717, 1.165) is 5.56 Å². The third-order valence-electron chi connectivity index (χ3n) is 2.72. The van der Waals surface area contributed by atoms with Crippen LogP contribution < -0.4 is 14.8 Å². The number of carbonyl (C=O) groups excluding carboxylic acids is 2. The van der Waals surface area contributed by atoms with Crippen LogP contribution in [0.15, 0.2) is 18.2 Å². The molecule has 110 valence electrons. The average molecular weight is 281 g/mol. The maximum atomic E-state index is 11.4. The Labute approximate surface area is 118 Å². The van der Waals surface area contributed by atoms with Gasteiger partial charge < -0.3 is 19.5 Å². The molecule has 6 heteroatoms. The van der Waals surface area contributed by atoms with E-state index in [2.05, 4.69) is 10.1 Å². The summed E-state index contributed by atoms with van der Waals surface area (Å²) in [6, 6.07) is 5.56. The molecule has 0 unspecified atom stereocenters. The average Bonchev–Trinajstić information content (AvgIpc) is 2.46. The first kappa shape index (κ1) is 15.8. The van der Waals surface area contributed by atoms with Crippen molar-refractivity contribution in [3.05, 3.63) is 23.8 Å². The van der Waals surface area contributed by atoms with Crippen LogP contribution >= 0.6 is 0 Å². The standard InChI is InChI=1S/C14H19NO5/c1-18-11-5-4-10(8-12(11)19-2)6-7-15-13(16)9-14(17)20-3/h4-5,8H,6-7,9H2,1-3H3,(H,15,16). The SMILES string of the molecule is COC(=O)CC(=O)NCCc1ccc(OC)c(OC)c1. The second kappa shape index (κ2) is 8.04. The first-order valence-electron chi connectivity index (χ1n) is 6.15. The van der Waals surface area contributed by atoms with Crippen molar-refractivity contribution in [2.45, 2.75) is 12.8 Å². The van der Waals surface area contributed by atoms with Crippen molar-refractivity contribution < 1.29 is 23.8 Å². The third kappa shape index (κ3) is 4.79. The molecular weight excluding hydrogens is 262 g/mol. The van der Waals surface area contributed by atoms with Crippen molar-refractivity contribution in [3.8, 4) is 11.5 Å². The first-order valence-corrected chi connectivity index (χ1v) is 6.15. The third-order valence-corrected chi connectivity index (χ3v) is 2.72. The molecule has 1 N–H and O–H groups in total. The lowest BCUT2D eigenvalue weighted by atomic mass is 10.1. The predicted octanol–water partition coefficient (Wildman–Crippen LogP) is 0.926. The molecule has 0 aliphatic carbocycles. The fraction of sp³-hybridized carbons (Fsp3) is 0.429. The van der Waals surface area contributed by atoms with Crippen molar-refractivity contribution >= 4 is 11.9 Å². The summed E-state index contributed by atoms with van der Waals surface area (Å²) in [5.41, 5.74) is 1.00. The van der Waals surface area contributed by atoms with Gasteiger partial charge in [0, 0.05) is 6.54 Å². The molecule has 0 atom stereocenters. The second-order valence-corrected chi connectivity index (χ2v) is 4.04. The van der Waals surface area contributed by atoms with Gasteiger partial charge in [0.15, 0.2) is 11.5 Å². The molecule has 0 radical (unpaired) electrons. The van der Waals surface area contributed by atoms with Gasteiger partial charge in [0.2, 0.25) is 5.91 Å². The number of nitrogens with one attached hydrogen (secondary N) is 1. The Bertz CT molecular complexity index is 473. The van der Waals surface area contributed by atoms with E-state index in [1.165, 1.54) is 7.11 Å². The highest BCUT2D eigenvalue weighted by atomic mass is 16.5. The van der Waals surface area contributed by atoms with E-state index in [9.17, 15) is 9.59 Å². The van der Waals surface area contributed by atoms with Gasteiger partial charge in [-0.3, -0.25) is 9.59 Å². The number of rotatable bonds is 7. The van der Waals surface area contributed by atoms with Crippen LogP contribution in [0.2, 0.25) is 0 Å². The van der Waals surface area contributed by atoms with E-state index in [0.29, 0.717) is 24.5 Å². The Hall–Kier alpha value is -2.24. The van der Waals surface area contributed by atoms with Crippen LogP contribution in [0.5, 0.6) is 11.5 Å². The zero-order valence-electron chi connectivity index (χ0n) is 11.9. The molecule has 0 heterocycles. The molecular formula is C14H19NO5. The molecule has 1 rings (SSSR count). The predicted molar refractivity (Wildman–Crippen MR) is 72.9 cm³/mol. The van der Waals surface area contributed by atoms with Crippen LogP contribution in [0.4, 0.5) is 0 Å². The molecule has 1 aromatic rings. The quantitative estimate of drug-likeness (QED) is 0.594. The van der Waals surface area contributed by atoms with Crippen LogP contribution in [-0.2, 0) is 20.7 Å². The lowest BCUT2D eigenvalue weighted by Crippen LogP contribution is -2.28. The summed E-state index contributed by atoms with van der Waals surface area (Å²) in [7, 11) is 4.39. The zero-order valence-corrected chi connectivity index (χ0v) is 11.9. The lowest BCUT2D eigenvalue weighted by molar-refractivity contribution is -0.143. The van der Waals surface area contributed by atoms with Gasteiger partial charge in [0.05, 0.1) is 21.3 Å². The molecule has 0 aromatic heterocycles. The zero-order chi connectivity index (χ0) is 15.0. The number of hydrogen-bond acceptors (Lipinski definition) is 5. The Kier molecular flexibility index (Phi) is 6.36. The molecule has 0 aliphatic heterocycles. The fourth-order valence-electron chi connectivity index (χ4n) is 1.65. The van der Waals surface area contributed by atoms with Gasteiger partial charge >= 0.3 is 5.97 Å². The molecule has 0 aliphatic rings. The number of amides is 1. The minimum atomic E-state index is -0.548. The van der Waals surface area contributed by atoms with Gasteiger partial charge in [0.1, 0.15) is 6.42 Å². The van der Waals surface area contributed by atoms with E-state index in [4.69, 9.17) is 9.47 Å². The number of esters is 1. The molecule has 0 saturated heterocycles. The van der Waals surface area contributed by atoms with Gasteiger partial charge in [-0.1, -0.05) is 6.07 Å². The van der Waals surface area contributed by atoms with E-state index in [1.807, 2.05) is 18.2 Å². The summed E-state index contributed by atoms with van der Waals surface area (Å²) in [5.74, 6) is 0.405. The minimum Gasteiger partial charge on any atom is -0.493 e. The maximum Gasteiger partial charge on any atom is 0.315 e. The van der Waals surface area contributed by atoms with Gasteiger partial charge in [0.25, 0.3) is 0 Å². The van der Waals surface area contributed by atoms with Gasteiger partial charge in [-0.25, -0.2) is 0 Å². The number of carbonyl (C=O) groups is 2. The number of hydrogen-bond donors (Lipinski definition) is 1. The molecule has 1 aromatic carbocycles. The van der Waals surface area contributed by atoms with E-state index >= 15 is 0 Å². The lowest BCUT2D eigenvalue weighted by Gasteiger charge is -2.10. The van der Waals surface area contributed by atoms with Gasteiger partial charge in [-0.15, -0.1) is 0 Å². The van der Waals surface area contributed by atoms with Crippen molar-refractivity contribution in [2.75, 3.05) is 27.9 Å². The smallest absolute Gasteiger partial charge is 0.315 e. The van der Waals surface area contributed by atoms with Crippen LogP contribution in [0.1, 0.15) is 12.0 Å². The number of ether oxygens (including phenoxy) is 3. The minimum absolute atomic E-state index is 0.261. The normalized spacial score (nSPS) is 9.75. The van der Waals surface area contributed by atoms with Crippen molar-refractivity contribution in [1.82, 2.24) is 5.32 Å². The second-order valence-electron chi connectivity index (χ2n) is 4.04.